The number of rotatable bonds is 3. The van der Waals surface area contributed by atoms with Crippen molar-refractivity contribution in [2.45, 2.75) is 45.1 Å². The summed E-state index contributed by atoms with van der Waals surface area (Å²) < 4.78 is 0. The van der Waals surface area contributed by atoms with Crippen molar-refractivity contribution >= 4 is 29.0 Å². The van der Waals surface area contributed by atoms with Crippen LogP contribution in [0.4, 0.5) is 0 Å². The molecule has 1 aliphatic rings. The first-order chi connectivity index (χ1) is 9.44. The normalized spacial score (nSPS) is 17.8. The fourth-order valence-corrected chi connectivity index (χ4v) is 3.17. The van der Waals surface area contributed by atoms with Gasteiger partial charge in [-0.05, 0) is 51.9 Å². The highest BCUT2D eigenvalue weighted by Crippen LogP contribution is 2.31. The number of hydrogen-bond donors (Lipinski definition) is 0. The lowest BCUT2D eigenvalue weighted by molar-refractivity contribution is 0.0650. The van der Waals surface area contributed by atoms with E-state index in [1.54, 1.807) is 18.2 Å². The molecular formula is C16H21Cl2NO. The molecule has 1 saturated heterocycles. The standard InChI is InChI=1S/C16H21Cl2NO/c1-16(2,19-10-5-3-4-6-11-19)15(20)12-8-7-9-13(17)14(12)18/h7-9H,3-6,10-11H2,1-2H3. The molecule has 0 aliphatic carbocycles. The highest BCUT2D eigenvalue weighted by molar-refractivity contribution is 6.44. The van der Waals surface area contributed by atoms with E-state index in [1.165, 1.54) is 12.8 Å². The first-order valence-electron chi connectivity index (χ1n) is 7.18. The minimum atomic E-state index is -0.543. The molecule has 1 heterocycles. The predicted octanol–water partition coefficient (Wildman–Crippen LogP) is 4.83. The van der Waals surface area contributed by atoms with Gasteiger partial charge in [-0.15, -0.1) is 0 Å². The maximum atomic E-state index is 12.9. The Bertz CT molecular complexity index is 491. The lowest BCUT2D eigenvalue weighted by Crippen LogP contribution is -2.50. The Labute approximate surface area is 131 Å². The maximum Gasteiger partial charge on any atom is 0.184 e. The largest absolute Gasteiger partial charge is 0.292 e. The highest BCUT2D eigenvalue weighted by atomic mass is 35.5. The van der Waals surface area contributed by atoms with E-state index in [1.807, 2.05) is 13.8 Å². The molecule has 0 N–H and O–H groups in total. The molecule has 0 radical (unpaired) electrons. The fourth-order valence-electron chi connectivity index (χ4n) is 2.78. The molecule has 0 amide bonds. The Balaban J connectivity index is 2.27. The fraction of sp³-hybridized carbons (Fsp3) is 0.562. The van der Waals surface area contributed by atoms with E-state index in [-0.39, 0.29) is 5.78 Å². The number of carbonyl (C=O) groups is 1. The molecule has 20 heavy (non-hydrogen) atoms. The van der Waals surface area contributed by atoms with Crippen molar-refractivity contribution in [1.82, 2.24) is 4.90 Å². The summed E-state index contributed by atoms with van der Waals surface area (Å²) in [5, 5.41) is 0.797. The molecule has 1 aromatic carbocycles. The van der Waals surface area contributed by atoms with Crippen LogP contribution in [-0.4, -0.2) is 29.3 Å². The van der Waals surface area contributed by atoms with Gasteiger partial charge in [0.15, 0.2) is 5.78 Å². The zero-order valence-corrected chi connectivity index (χ0v) is 13.6. The van der Waals surface area contributed by atoms with Crippen LogP contribution in [0.1, 0.15) is 49.9 Å². The number of hydrogen-bond acceptors (Lipinski definition) is 2. The van der Waals surface area contributed by atoms with Gasteiger partial charge in [-0.1, -0.05) is 42.1 Å². The molecule has 0 bridgehead atoms. The van der Waals surface area contributed by atoms with Gasteiger partial charge >= 0.3 is 0 Å². The first-order valence-corrected chi connectivity index (χ1v) is 7.94. The molecule has 0 atom stereocenters. The van der Waals surface area contributed by atoms with Gasteiger partial charge in [-0.2, -0.15) is 0 Å². The van der Waals surface area contributed by atoms with E-state index in [4.69, 9.17) is 23.2 Å². The van der Waals surface area contributed by atoms with Crippen LogP contribution >= 0.6 is 23.2 Å². The Kier molecular flexibility index (Phi) is 5.11. The molecule has 0 aromatic heterocycles. The van der Waals surface area contributed by atoms with E-state index < -0.39 is 5.54 Å². The van der Waals surface area contributed by atoms with Crippen molar-refractivity contribution in [2.75, 3.05) is 13.1 Å². The average molecular weight is 314 g/mol. The smallest absolute Gasteiger partial charge is 0.184 e. The van der Waals surface area contributed by atoms with E-state index in [9.17, 15) is 4.79 Å². The van der Waals surface area contributed by atoms with E-state index in [0.29, 0.717) is 15.6 Å². The average Bonchev–Trinajstić information content (AvgIpc) is 2.70. The second kappa shape index (κ2) is 6.46. The number of Topliss-reactive ketones (excluding diaryl/α,β-unsaturated/α-hetero) is 1. The lowest BCUT2D eigenvalue weighted by atomic mass is 9.91. The Hall–Kier alpha value is -0.570. The van der Waals surface area contributed by atoms with Crippen molar-refractivity contribution in [1.29, 1.82) is 0 Å². The zero-order valence-electron chi connectivity index (χ0n) is 12.1. The SMILES string of the molecule is CC(C)(C(=O)c1cccc(Cl)c1Cl)N1CCCCCC1. The molecule has 2 rings (SSSR count). The summed E-state index contributed by atoms with van der Waals surface area (Å²) in [6.45, 7) is 5.91. The van der Waals surface area contributed by atoms with Gasteiger partial charge in [0.1, 0.15) is 0 Å². The number of nitrogens with zero attached hydrogens (tertiary/aromatic N) is 1. The predicted molar refractivity (Wildman–Crippen MR) is 84.9 cm³/mol. The van der Waals surface area contributed by atoms with Crippen molar-refractivity contribution in [2.24, 2.45) is 0 Å². The van der Waals surface area contributed by atoms with E-state index in [0.717, 1.165) is 25.9 Å². The minimum Gasteiger partial charge on any atom is -0.292 e. The molecule has 0 unspecified atom stereocenters. The van der Waals surface area contributed by atoms with Crippen molar-refractivity contribution in [3.63, 3.8) is 0 Å². The first kappa shape index (κ1) is 15.8. The molecule has 110 valence electrons. The Morgan fingerprint density at radius 3 is 2.30 bits per heavy atom. The summed E-state index contributed by atoms with van der Waals surface area (Å²) in [6, 6.07) is 5.25. The molecule has 4 heteroatoms. The van der Waals surface area contributed by atoms with Gasteiger partial charge < -0.3 is 0 Å². The van der Waals surface area contributed by atoms with Crippen LogP contribution in [0.5, 0.6) is 0 Å². The lowest BCUT2D eigenvalue weighted by Gasteiger charge is -2.36. The van der Waals surface area contributed by atoms with Crippen LogP contribution in [0.3, 0.4) is 0 Å². The third-order valence-electron chi connectivity index (χ3n) is 4.15. The number of benzene rings is 1. The zero-order chi connectivity index (χ0) is 14.8. The monoisotopic (exact) mass is 313 g/mol. The third-order valence-corrected chi connectivity index (χ3v) is 4.97. The van der Waals surface area contributed by atoms with E-state index in [2.05, 4.69) is 4.90 Å². The van der Waals surface area contributed by atoms with Crippen molar-refractivity contribution < 1.29 is 4.79 Å². The summed E-state index contributed by atoms with van der Waals surface area (Å²) in [5.41, 5.74) is -0.0213. The van der Waals surface area contributed by atoms with Gasteiger partial charge in [0, 0.05) is 5.56 Å². The third kappa shape index (κ3) is 3.19. The van der Waals surface area contributed by atoms with Crippen molar-refractivity contribution in [3.05, 3.63) is 33.8 Å². The van der Waals surface area contributed by atoms with Crippen LogP contribution < -0.4 is 0 Å². The summed E-state index contributed by atoms with van der Waals surface area (Å²) in [7, 11) is 0. The van der Waals surface area contributed by atoms with Gasteiger partial charge in [0.05, 0.1) is 15.6 Å². The summed E-state index contributed by atoms with van der Waals surface area (Å²) >= 11 is 12.2. The number of ketones is 1. The molecule has 1 aliphatic heterocycles. The Morgan fingerprint density at radius 1 is 1.10 bits per heavy atom. The van der Waals surface area contributed by atoms with Gasteiger partial charge in [-0.25, -0.2) is 0 Å². The topological polar surface area (TPSA) is 20.3 Å². The highest BCUT2D eigenvalue weighted by Gasteiger charge is 2.36. The van der Waals surface area contributed by atoms with E-state index >= 15 is 0 Å². The molecule has 2 nitrogen and oxygen atoms in total. The quantitative estimate of drug-likeness (QED) is 0.745. The van der Waals surface area contributed by atoms with Crippen LogP contribution in [0.2, 0.25) is 10.0 Å². The Morgan fingerprint density at radius 2 is 1.70 bits per heavy atom. The molecule has 0 spiro atoms. The van der Waals surface area contributed by atoms with Crippen molar-refractivity contribution in [3.8, 4) is 0 Å². The second-order valence-corrected chi connectivity index (χ2v) is 6.68. The number of likely N-dealkylation sites (tertiary alicyclic amines) is 1. The molecule has 1 fully saturated rings. The summed E-state index contributed by atoms with van der Waals surface area (Å²) in [6.07, 6.45) is 4.80. The summed E-state index contributed by atoms with van der Waals surface area (Å²) in [4.78, 5) is 15.1. The van der Waals surface area contributed by atoms with Crippen LogP contribution in [0.15, 0.2) is 18.2 Å². The van der Waals surface area contributed by atoms with Gasteiger partial charge in [-0.3, -0.25) is 9.69 Å². The minimum absolute atomic E-state index is 0.0481. The number of halogens is 2. The molecule has 1 aromatic rings. The second-order valence-electron chi connectivity index (χ2n) is 5.89. The van der Waals surface area contributed by atoms with Crippen LogP contribution in [-0.2, 0) is 0 Å². The van der Waals surface area contributed by atoms with Gasteiger partial charge in [0.2, 0.25) is 0 Å². The molecule has 0 saturated carbocycles. The van der Waals surface area contributed by atoms with Crippen LogP contribution in [0, 0.1) is 0 Å². The van der Waals surface area contributed by atoms with Gasteiger partial charge in [0.25, 0.3) is 0 Å². The maximum absolute atomic E-state index is 12.9. The van der Waals surface area contributed by atoms with Crippen LogP contribution in [0.25, 0.3) is 0 Å². The molecular weight excluding hydrogens is 293 g/mol. The number of carbonyl (C=O) groups excluding carboxylic acids is 1. The summed E-state index contributed by atoms with van der Waals surface area (Å²) in [5.74, 6) is 0.0481.